The van der Waals surface area contributed by atoms with Crippen molar-refractivity contribution in [3.63, 3.8) is 0 Å². The fourth-order valence-corrected chi connectivity index (χ4v) is 3.80. The summed E-state index contributed by atoms with van der Waals surface area (Å²) in [5, 5.41) is 0.562. The summed E-state index contributed by atoms with van der Waals surface area (Å²) in [6, 6.07) is 17.5. The Labute approximate surface area is 202 Å². The van der Waals surface area contributed by atoms with Crippen molar-refractivity contribution in [2.24, 2.45) is 0 Å². The third-order valence-corrected chi connectivity index (χ3v) is 5.80. The van der Waals surface area contributed by atoms with Crippen LogP contribution in [0.5, 0.6) is 5.75 Å². The monoisotopic (exact) mass is 481 g/mol. The highest BCUT2D eigenvalue weighted by Gasteiger charge is 2.33. The zero-order chi connectivity index (χ0) is 24.1. The Morgan fingerprint density at radius 3 is 2.47 bits per heavy atom. The normalized spacial score (nSPS) is 13.3. The van der Waals surface area contributed by atoms with Gasteiger partial charge in [-0.3, -0.25) is 19.3 Å². The van der Waals surface area contributed by atoms with Gasteiger partial charge in [0.2, 0.25) is 17.7 Å². The predicted molar refractivity (Wildman–Crippen MR) is 126 cm³/mol. The molecule has 0 radical (unpaired) electrons. The highest BCUT2D eigenvalue weighted by Crippen LogP contribution is 2.22. The van der Waals surface area contributed by atoms with Crippen LogP contribution >= 0.6 is 11.6 Å². The number of benzene rings is 2. The molecule has 1 saturated heterocycles. The third-order valence-electron chi connectivity index (χ3n) is 5.55. The van der Waals surface area contributed by atoms with Crippen LogP contribution in [0.3, 0.4) is 0 Å². The number of nitrogens with zero attached hydrogens (tertiary/aromatic N) is 3. The first kappa shape index (κ1) is 23.4. The number of furan rings is 1. The van der Waals surface area contributed by atoms with Crippen molar-refractivity contribution in [2.75, 3.05) is 31.8 Å². The molecule has 2 heterocycles. The lowest BCUT2D eigenvalue weighted by atomic mass is 10.1. The van der Waals surface area contributed by atoms with Gasteiger partial charge in [0.25, 0.3) is 0 Å². The molecule has 4 rings (SSSR count). The molecule has 0 atom stereocenters. The first-order valence-electron chi connectivity index (χ1n) is 10.7. The van der Waals surface area contributed by atoms with Crippen LogP contribution in [-0.4, -0.2) is 54.4 Å². The molecule has 8 nitrogen and oxygen atoms in total. The highest BCUT2D eigenvalue weighted by atomic mass is 35.5. The van der Waals surface area contributed by atoms with Crippen molar-refractivity contribution in [1.29, 1.82) is 0 Å². The van der Waals surface area contributed by atoms with Crippen LogP contribution in [0.1, 0.15) is 11.3 Å². The Bertz CT molecular complexity index is 1150. The first-order valence-corrected chi connectivity index (χ1v) is 11.1. The second-order valence-electron chi connectivity index (χ2n) is 7.89. The Hall–Kier alpha value is -3.78. The van der Waals surface area contributed by atoms with Gasteiger partial charge in [0.05, 0.1) is 26.3 Å². The van der Waals surface area contributed by atoms with Crippen LogP contribution in [0.4, 0.5) is 5.69 Å². The number of ether oxygens (including phenoxy) is 1. The van der Waals surface area contributed by atoms with Crippen molar-refractivity contribution in [1.82, 2.24) is 9.80 Å². The molecule has 0 aliphatic carbocycles. The maximum Gasteiger partial charge on any atom is 0.248 e. The van der Waals surface area contributed by atoms with E-state index < -0.39 is 0 Å². The van der Waals surface area contributed by atoms with Gasteiger partial charge in [-0.05, 0) is 54.1 Å². The summed E-state index contributed by atoms with van der Waals surface area (Å²) in [5.74, 6) is 0.520. The van der Waals surface area contributed by atoms with Crippen LogP contribution in [0.2, 0.25) is 5.02 Å². The minimum Gasteiger partial charge on any atom is -0.497 e. The van der Waals surface area contributed by atoms with Crippen molar-refractivity contribution in [3.8, 4) is 5.75 Å². The molecule has 0 saturated carbocycles. The molecule has 0 unspecified atom stereocenters. The highest BCUT2D eigenvalue weighted by molar-refractivity contribution is 6.30. The van der Waals surface area contributed by atoms with E-state index in [1.807, 2.05) is 12.1 Å². The number of methoxy groups -OCH3 is 1. The molecule has 3 amide bonds. The molecular weight excluding hydrogens is 458 g/mol. The van der Waals surface area contributed by atoms with E-state index in [1.54, 1.807) is 55.6 Å². The molecule has 0 spiro atoms. The van der Waals surface area contributed by atoms with Crippen LogP contribution in [-0.2, 0) is 27.3 Å². The number of hydrogen-bond donors (Lipinski definition) is 0. The number of halogens is 1. The summed E-state index contributed by atoms with van der Waals surface area (Å²) >= 11 is 5.93. The second kappa shape index (κ2) is 10.4. The summed E-state index contributed by atoms with van der Waals surface area (Å²) in [5.41, 5.74) is 1.46. The maximum atomic E-state index is 13.1. The molecule has 176 valence electrons. The fraction of sp³-hybridized carbons (Fsp3) is 0.240. The Morgan fingerprint density at radius 1 is 1.09 bits per heavy atom. The van der Waals surface area contributed by atoms with Gasteiger partial charge in [-0.2, -0.15) is 0 Å². The molecule has 1 fully saturated rings. The SMILES string of the molecule is COc1ccc(CC(=O)N(CC(=O)N2CC(=O)N(c3ccc(Cl)cc3)C2)Cc2ccco2)cc1. The zero-order valence-electron chi connectivity index (χ0n) is 18.6. The quantitative estimate of drug-likeness (QED) is 0.492. The summed E-state index contributed by atoms with van der Waals surface area (Å²) in [4.78, 5) is 43.1. The molecule has 0 N–H and O–H groups in total. The molecule has 3 aromatic rings. The van der Waals surface area contributed by atoms with Crippen molar-refractivity contribution in [3.05, 3.63) is 83.3 Å². The van der Waals surface area contributed by atoms with Gasteiger partial charge in [-0.1, -0.05) is 23.7 Å². The predicted octanol–water partition coefficient (Wildman–Crippen LogP) is 3.35. The summed E-state index contributed by atoms with van der Waals surface area (Å²) in [7, 11) is 1.58. The number of hydrogen-bond acceptors (Lipinski definition) is 5. The van der Waals surface area contributed by atoms with E-state index in [1.165, 1.54) is 21.0 Å². The number of rotatable bonds is 8. The molecule has 0 bridgehead atoms. The average Bonchev–Trinajstić information content (AvgIpc) is 3.49. The topological polar surface area (TPSA) is 83.3 Å². The average molecular weight is 482 g/mol. The molecule has 9 heteroatoms. The Kier molecular flexibility index (Phi) is 7.18. The van der Waals surface area contributed by atoms with Gasteiger partial charge in [0.15, 0.2) is 0 Å². The standard InChI is InChI=1S/C25H24ClN3O5/c1-33-21-10-4-18(5-11-21)13-23(30)27(14-22-3-2-12-34-22)15-24(31)28-16-25(32)29(17-28)20-8-6-19(26)7-9-20/h2-12H,13-17H2,1H3. The Morgan fingerprint density at radius 2 is 1.82 bits per heavy atom. The fourth-order valence-electron chi connectivity index (χ4n) is 3.68. The van der Waals surface area contributed by atoms with Crippen LogP contribution in [0.25, 0.3) is 0 Å². The smallest absolute Gasteiger partial charge is 0.248 e. The number of anilines is 1. The second-order valence-corrected chi connectivity index (χ2v) is 8.32. The van der Waals surface area contributed by atoms with Gasteiger partial charge in [-0.15, -0.1) is 0 Å². The summed E-state index contributed by atoms with van der Waals surface area (Å²) in [6.07, 6.45) is 1.64. The van der Waals surface area contributed by atoms with Gasteiger partial charge in [-0.25, -0.2) is 0 Å². The van der Waals surface area contributed by atoms with Gasteiger partial charge in [0, 0.05) is 10.7 Å². The number of carbonyl (C=O) groups is 3. The van der Waals surface area contributed by atoms with Crippen LogP contribution < -0.4 is 9.64 Å². The van der Waals surface area contributed by atoms with Crippen molar-refractivity contribution >= 4 is 35.0 Å². The number of carbonyl (C=O) groups excluding carboxylic acids is 3. The first-order chi connectivity index (χ1) is 16.4. The largest absolute Gasteiger partial charge is 0.497 e. The molecule has 34 heavy (non-hydrogen) atoms. The molecule has 2 aromatic carbocycles. The zero-order valence-corrected chi connectivity index (χ0v) is 19.4. The van der Waals surface area contributed by atoms with Gasteiger partial charge < -0.3 is 19.0 Å². The minimum atomic E-state index is -0.320. The van der Waals surface area contributed by atoms with Crippen LogP contribution in [0.15, 0.2) is 71.3 Å². The van der Waals surface area contributed by atoms with E-state index in [2.05, 4.69) is 0 Å². The van der Waals surface area contributed by atoms with E-state index >= 15 is 0 Å². The van der Waals surface area contributed by atoms with E-state index in [0.29, 0.717) is 22.2 Å². The van der Waals surface area contributed by atoms with E-state index in [4.69, 9.17) is 20.8 Å². The van der Waals surface area contributed by atoms with Crippen molar-refractivity contribution in [2.45, 2.75) is 13.0 Å². The lowest BCUT2D eigenvalue weighted by Gasteiger charge is -2.24. The minimum absolute atomic E-state index is 0.0529. The van der Waals surface area contributed by atoms with Crippen LogP contribution in [0, 0.1) is 0 Å². The summed E-state index contributed by atoms with van der Waals surface area (Å²) in [6.45, 7) is 0.0388. The molecule has 1 aliphatic heterocycles. The van der Waals surface area contributed by atoms with E-state index in [-0.39, 0.29) is 50.4 Å². The lowest BCUT2D eigenvalue weighted by molar-refractivity contribution is -0.140. The molecule has 1 aromatic heterocycles. The summed E-state index contributed by atoms with van der Waals surface area (Å²) < 4.78 is 10.6. The maximum absolute atomic E-state index is 13.1. The lowest BCUT2D eigenvalue weighted by Crippen LogP contribution is -2.43. The Balaban J connectivity index is 1.44. The van der Waals surface area contributed by atoms with E-state index in [9.17, 15) is 14.4 Å². The van der Waals surface area contributed by atoms with E-state index in [0.717, 1.165) is 5.56 Å². The third kappa shape index (κ3) is 5.58. The van der Waals surface area contributed by atoms with Gasteiger partial charge in [0.1, 0.15) is 31.3 Å². The molecular formula is C25H24ClN3O5. The molecule has 1 aliphatic rings. The van der Waals surface area contributed by atoms with Crippen molar-refractivity contribution < 1.29 is 23.5 Å². The van der Waals surface area contributed by atoms with Gasteiger partial charge >= 0.3 is 0 Å². The number of amides is 3.